The maximum Gasteiger partial charge on any atom is 0.160 e. The van der Waals surface area contributed by atoms with Crippen molar-refractivity contribution in [2.45, 2.75) is 57.0 Å². The van der Waals surface area contributed by atoms with Gasteiger partial charge in [0, 0.05) is 39.9 Å². The van der Waals surface area contributed by atoms with Crippen LogP contribution in [0.4, 0.5) is 4.39 Å². The second-order valence-corrected chi connectivity index (χ2v) is 10.4. The highest BCUT2D eigenvalue weighted by Gasteiger charge is 2.49. The summed E-state index contributed by atoms with van der Waals surface area (Å²) in [4.78, 5) is 14.6. The largest absolute Gasteiger partial charge is 0.387 e. The molecule has 4 atom stereocenters. The number of rotatable bonds is 3. The van der Waals surface area contributed by atoms with E-state index in [-0.39, 0.29) is 17.7 Å². The second kappa shape index (κ2) is 8.07. The van der Waals surface area contributed by atoms with E-state index in [4.69, 9.17) is 9.97 Å². The second-order valence-electron chi connectivity index (χ2n) is 10.4. The van der Waals surface area contributed by atoms with Crippen LogP contribution in [0.5, 0.6) is 0 Å². The number of pyridine rings is 1. The number of fused-ring (bicyclic) bond motifs is 3. The van der Waals surface area contributed by atoms with Gasteiger partial charge in [-0.15, -0.1) is 0 Å². The van der Waals surface area contributed by atoms with Gasteiger partial charge >= 0.3 is 0 Å². The lowest BCUT2D eigenvalue weighted by Crippen LogP contribution is -2.47. The third kappa shape index (κ3) is 3.49. The molecule has 3 aliphatic rings. The Kier molecular flexibility index (Phi) is 5.08. The van der Waals surface area contributed by atoms with E-state index in [0.717, 1.165) is 41.8 Å². The molecule has 5 nitrogen and oxygen atoms in total. The predicted molar refractivity (Wildman–Crippen MR) is 131 cm³/mol. The molecule has 2 heterocycles. The number of aliphatic hydroxyl groups excluding tert-OH is 1. The van der Waals surface area contributed by atoms with Crippen molar-refractivity contribution < 1.29 is 9.50 Å². The maximum absolute atomic E-state index is 15.1. The van der Waals surface area contributed by atoms with Crippen molar-refractivity contribution in [1.82, 2.24) is 15.0 Å². The van der Waals surface area contributed by atoms with Crippen LogP contribution in [0, 0.1) is 29.0 Å². The van der Waals surface area contributed by atoms with Gasteiger partial charge in [-0.3, -0.25) is 4.98 Å². The Morgan fingerprint density at radius 3 is 2.69 bits per heavy atom. The van der Waals surface area contributed by atoms with Crippen molar-refractivity contribution in [3.8, 4) is 28.7 Å². The lowest BCUT2D eigenvalue weighted by Gasteiger charge is -2.48. The van der Waals surface area contributed by atoms with E-state index in [9.17, 15) is 10.4 Å². The number of hydrogen-bond donors (Lipinski definition) is 1. The summed E-state index contributed by atoms with van der Waals surface area (Å²) < 4.78 is 15.1. The molecule has 0 spiro atoms. The quantitative estimate of drug-likeness (QED) is 0.551. The standard InChI is InChI=1S/C29H27FN4O/c1-16-22-10-9-21-25(20-5-3-4-6-23(20)30)33-28(18-11-12-32-24(13-18)17-7-8-17)34-27(21)29(22,2)14-19(15-31)26(16)35/h3-6,11-14,16-17,22,26,35H,7-10H2,1-2H3/t16-,22-,26?,29-/m1/s1. The maximum atomic E-state index is 15.1. The molecule has 1 saturated carbocycles. The highest BCUT2D eigenvalue weighted by Crippen LogP contribution is 2.52. The van der Waals surface area contributed by atoms with Crippen LogP contribution >= 0.6 is 0 Å². The molecule has 35 heavy (non-hydrogen) atoms. The molecule has 3 aliphatic carbocycles. The fourth-order valence-corrected chi connectivity index (χ4v) is 6.13. The summed E-state index contributed by atoms with van der Waals surface area (Å²) in [5.74, 6) is 0.727. The third-order valence-electron chi connectivity index (χ3n) is 8.19. The highest BCUT2D eigenvalue weighted by atomic mass is 19.1. The normalized spacial score (nSPS) is 27.4. The van der Waals surface area contributed by atoms with Crippen LogP contribution in [-0.2, 0) is 11.8 Å². The minimum Gasteiger partial charge on any atom is -0.387 e. The number of benzene rings is 1. The van der Waals surface area contributed by atoms with Crippen LogP contribution in [0.25, 0.3) is 22.6 Å². The highest BCUT2D eigenvalue weighted by molar-refractivity contribution is 5.70. The fraction of sp³-hybridized carbons (Fsp3) is 0.379. The van der Waals surface area contributed by atoms with Crippen LogP contribution in [0.3, 0.4) is 0 Å². The molecule has 6 rings (SSSR count). The Morgan fingerprint density at radius 2 is 1.94 bits per heavy atom. The average molecular weight is 467 g/mol. The topological polar surface area (TPSA) is 82.7 Å². The van der Waals surface area contributed by atoms with Crippen LogP contribution < -0.4 is 0 Å². The van der Waals surface area contributed by atoms with Gasteiger partial charge in [-0.25, -0.2) is 14.4 Å². The third-order valence-corrected chi connectivity index (χ3v) is 8.19. The number of aromatic nitrogens is 3. The molecule has 3 aromatic rings. The molecule has 176 valence electrons. The van der Waals surface area contributed by atoms with Gasteiger partial charge in [0.2, 0.25) is 0 Å². The van der Waals surface area contributed by atoms with E-state index in [2.05, 4.69) is 24.0 Å². The SMILES string of the molecule is C[C@H]1C(O)C(C#N)=C[C@@]2(C)c3nc(-c4ccnc(C5CC5)c4)nc(-c4ccccc4F)c3CC[C@H]12. The van der Waals surface area contributed by atoms with Gasteiger partial charge in [-0.2, -0.15) is 5.26 Å². The first kappa shape index (κ1) is 22.1. The zero-order valence-corrected chi connectivity index (χ0v) is 19.9. The van der Waals surface area contributed by atoms with Crippen LogP contribution in [-0.4, -0.2) is 26.2 Å². The number of aliphatic hydroxyl groups is 1. The van der Waals surface area contributed by atoms with Crippen LogP contribution in [0.2, 0.25) is 0 Å². The molecule has 1 fully saturated rings. The number of halogens is 1. The number of nitriles is 1. The minimum absolute atomic E-state index is 0.0921. The van der Waals surface area contributed by atoms with E-state index in [0.29, 0.717) is 35.0 Å². The smallest absolute Gasteiger partial charge is 0.160 e. The van der Waals surface area contributed by atoms with E-state index < -0.39 is 11.5 Å². The minimum atomic E-state index is -0.784. The molecular weight excluding hydrogens is 439 g/mol. The number of hydrogen-bond acceptors (Lipinski definition) is 5. The van der Waals surface area contributed by atoms with E-state index in [1.165, 1.54) is 6.07 Å². The summed E-state index contributed by atoms with van der Waals surface area (Å²) >= 11 is 0. The number of nitrogens with zero attached hydrogens (tertiary/aromatic N) is 4. The molecule has 0 saturated heterocycles. The lowest BCUT2D eigenvalue weighted by atomic mass is 9.57. The van der Waals surface area contributed by atoms with E-state index >= 15 is 4.39 Å². The first-order valence-corrected chi connectivity index (χ1v) is 12.3. The Balaban J connectivity index is 1.62. The molecular formula is C29H27FN4O. The molecule has 0 radical (unpaired) electrons. The summed E-state index contributed by atoms with van der Waals surface area (Å²) in [6.45, 7) is 4.10. The Morgan fingerprint density at radius 1 is 1.14 bits per heavy atom. The average Bonchev–Trinajstić information content (AvgIpc) is 3.72. The van der Waals surface area contributed by atoms with Gasteiger partial charge in [0.25, 0.3) is 0 Å². The molecule has 2 aromatic heterocycles. The number of allylic oxidation sites excluding steroid dienone is 1. The summed E-state index contributed by atoms with van der Waals surface area (Å²) in [6.07, 6.45) is 6.69. The van der Waals surface area contributed by atoms with Gasteiger partial charge in [-0.05, 0) is 61.8 Å². The molecule has 1 N–H and O–H groups in total. The summed E-state index contributed by atoms with van der Waals surface area (Å²) in [5.41, 5.74) is 4.53. The Bertz CT molecular complexity index is 1410. The van der Waals surface area contributed by atoms with Gasteiger partial charge in [0.05, 0.1) is 29.1 Å². The Hall–Kier alpha value is -3.43. The van der Waals surface area contributed by atoms with Crippen molar-refractivity contribution in [3.05, 3.63) is 77.0 Å². The lowest BCUT2D eigenvalue weighted by molar-refractivity contribution is 0.0669. The van der Waals surface area contributed by atoms with Crippen molar-refractivity contribution in [3.63, 3.8) is 0 Å². The first-order valence-electron chi connectivity index (χ1n) is 12.3. The fourth-order valence-electron chi connectivity index (χ4n) is 6.13. The van der Waals surface area contributed by atoms with Crippen molar-refractivity contribution in [2.24, 2.45) is 11.8 Å². The van der Waals surface area contributed by atoms with E-state index in [1.807, 2.05) is 25.1 Å². The van der Waals surface area contributed by atoms with E-state index in [1.54, 1.807) is 18.3 Å². The monoisotopic (exact) mass is 466 g/mol. The Labute approximate surface area is 204 Å². The summed E-state index contributed by atoms with van der Waals surface area (Å²) in [5, 5.41) is 20.5. The van der Waals surface area contributed by atoms with Gasteiger partial charge in [0.15, 0.2) is 5.82 Å². The van der Waals surface area contributed by atoms with Crippen molar-refractivity contribution >= 4 is 0 Å². The van der Waals surface area contributed by atoms with Gasteiger partial charge in [0.1, 0.15) is 5.82 Å². The molecule has 1 unspecified atom stereocenters. The first-order chi connectivity index (χ1) is 16.9. The van der Waals surface area contributed by atoms with Gasteiger partial charge < -0.3 is 5.11 Å². The van der Waals surface area contributed by atoms with Crippen molar-refractivity contribution in [1.29, 1.82) is 5.26 Å². The zero-order chi connectivity index (χ0) is 24.3. The molecule has 0 amide bonds. The predicted octanol–water partition coefficient (Wildman–Crippen LogP) is 5.50. The molecule has 0 aliphatic heterocycles. The summed E-state index contributed by atoms with van der Waals surface area (Å²) in [7, 11) is 0. The van der Waals surface area contributed by atoms with Crippen LogP contribution in [0.15, 0.2) is 54.2 Å². The molecule has 6 heteroatoms. The summed E-state index contributed by atoms with van der Waals surface area (Å²) in [6, 6.07) is 12.9. The molecule has 1 aromatic carbocycles. The van der Waals surface area contributed by atoms with Crippen molar-refractivity contribution in [2.75, 3.05) is 0 Å². The van der Waals surface area contributed by atoms with Crippen LogP contribution in [0.1, 0.15) is 56.0 Å². The molecule has 0 bridgehead atoms. The zero-order valence-electron chi connectivity index (χ0n) is 19.9. The van der Waals surface area contributed by atoms with Gasteiger partial charge in [-0.1, -0.05) is 32.1 Å².